The van der Waals surface area contributed by atoms with Crippen LogP contribution in [0.1, 0.15) is 25.0 Å². The van der Waals surface area contributed by atoms with Crippen molar-refractivity contribution >= 4 is 10.0 Å². The summed E-state index contributed by atoms with van der Waals surface area (Å²) in [6.45, 7) is 4.49. The van der Waals surface area contributed by atoms with Crippen LogP contribution in [0.15, 0.2) is 24.3 Å². The fourth-order valence-corrected chi connectivity index (χ4v) is 3.01. The second-order valence-corrected chi connectivity index (χ2v) is 6.62. The van der Waals surface area contributed by atoms with Crippen LogP contribution in [0.2, 0.25) is 0 Å². The number of sulfonamides is 1. The van der Waals surface area contributed by atoms with Crippen molar-refractivity contribution in [2.75, 3.05) is 0 Å². The second-order valence-electron chi connectivity index (χ2n) is 4.13. The monoisotopic (exact) mass is 225 g/mol. The lowest BCUT2D eigenvalue weighted by atomic mass is 10.1. The van der Waals surface area contributed by atoms with E-state index in [9.17, 15) is 8.42 Å². The maximum absolute atomic E-state index is 11.9. The summed E-state index contributed by atoms with van der Waals surface area (Å²) in [6.07, 6.45) is 0. The van der Waals surface area contributed by atoms with E-state index >= 15 is 0 Å². The van der Waals surface area contributed by atoms with Gasteiger partial charge in [-0.15, -0.1) is 0 Å². The maximum atomic E-state index is 11.9. The van der Waals surface area contributed by atoms with Crippen LogP contribution in [0.5, 0.6) is 0 Å². The molecule has 4 heteroatoms. The first-order chi connectivity index (χ1) is 7.01. The van der Waals surface area contributed by atoms with Gasteiger partial charge in [-0.25, -0.2) is 8.42 Å². The van der Waals surface area contributed by atoms with Gasteiger partial charge in [0.1, 0.15) is 0 Å². The highest BCUT2D eigenvalue weighted by Crippen LogP contribution is 2.26. The summed E-state index contributed by atoms with van der Waals surface area (Å²) in [5.41, 5.74) is 2.25. The van der Waals surface area contributed by atoms with Crippen molar-refractivity contribution in [2.45, 2.75) is 32.2 Å². The lowest BCUT2D eigenvalue weighted by Gasteiger charge is -2.18. The van der Waals surface area contributed by atoms with E-state index in [1.807, 2.05) is 24.3 Å². The highest BCUT2D eigenvalue weighted by atomic mass is 32.2. The van der Waals surface area contributed by atoms with Gasteiger partial charge in [0.15, 0.2) is 0 Å². The van der Waals surface area contributed by atoms with Crippen LogP contribution < -0.4 is 0 Å². The molecular formula is C11H15NO2S. The van der Waals surface area contributed by atoms with E-state index in [0.717, 1.165) is 11.1 Å². The Kier molecular flexibility index (Phi) is 2.56. The third-order valence-corrected chi connectivity index (χ3v) is 4.94. The largest absolute Gasteiger partial charge is 0.217 e. The van der Waals surface area contributed by atoms with E-state index in [0.29, 0.717) is 13.1 Å². The molecule has 0 saturated carbocycles. The van der Waals surface area contributed by atoms with E-state index in [-0.39, 0.29) is 5.25 Å². The molecule has 2 rings (SSSR count). The number of nitrogens with zero attached hydrogens (tertiary/aromatic N) is 1. The molecule has 0 fully saturated rings. The summed E-state index contributed by atoms with van der Waals surface area (Å²) in [7, 11) is -3.11. The zero-order valence-electron chi connectivity index (χ0n) is 8.97. The first-order valence-electron chi connectivity index (χ1n) is 5.07. The highest BCUT2D eigenvalue weighted by molar-refractivity contribution is 7.89. The molecule has 0 bridgehead atoms. The summed E-state index contributed by atoms with van der Waals surface area (Å²) >= 11 is 0. The fraction of sp³-hybridized carbons (Fsp3) is 0.455. The molecule has 0 atom stereocenters. The third kappa shape index (κ3) is 1.79. The van der Waals surface area contributed by atoms with Crippen molar-refractivity contribution in [1.29, 1.82) is 0 Å². The molecule has 0 aliphatic carbocycles. The van der Waals surface area contributed by atoms with Gasteiger partial charge in [-0.2, -0.15) is 4.31 Å². The minimum atomic E-state index is -3.11. The highest BCUT2D eigenvalue weighted by Gasteiger charge is 2.30. The van der Waals surface area contributed by atoms with Crippen LogP contribution in [0, 0.1) is 0 Å². The lowest BCUT2D eigenvalue weighted by molar-refractivity contribution is 0.425. The molecule has 3 nitrogen and oxygen atoms in total. The predicted octanol–water partition coefficient (Wildman–Crippen LogP) is 1.74. The molecule has 0 N–H and O–H groups in total. The Morgan fingerprint density at radius 1 is 1.13 bits per heavy atom. The maximum Gasteiger partial charge on any atom is 0.217 e. The molecule has 1 heterocycles. The molecule has 0 radical (unpaired) electrons. The van der Waals surface area contributed by atoms with Crippen molar-refractivity contribution in [2.24, 2.45) is 0 Å². The molecule has 1 aliphatic heterocycles. The van der Waals surface area contributed by atoms with Crippen molar-refractivity contribution in [3.8, 4) is 0 Å². The number of benzene rings is 1. The van der Waals surface area contributed by atoms with Crippen LogP contribution in [-0.4, -0.2) is 18.0 Å². The molecular weight excluding hydrogens is 210 g/mol. The lowest BCUT2D eigenvalue weighted by Crippen LogP contribution is -2.32. The Balaban J connectivity index is 2.28. The van der Waals surface area contributed by atoms with Crippen molar-refractivity contribution < 1.29 is 8.42 Å². The Labute approximate surface area is 90.8 Å². The molecule has 1 aromatic rings. The summed E-state index contributed by atoms with van der Waals surface area (Å²) in [5.74, 6) is 0. The van der Waals surface area contributed by atoms with Crippen LogP contribution in [0.3, 0.4) is 0 Å². The van der Waals surface area contributed by atoms with Gasteiger partial charge in [0.2, 0.25) is 10.0 Å². The van der Waals surface area contributed by atoms with Gasteiger partial charge < -0.3 is 0 Å². The van der Waals surface area contributed by atoms with Gasteiger partial charge in [-0.1, -0.05) is 24.3 Å². The number of rotatable bonds is 2. The summed E-state index contributed by atoms with van der Waals surface area (Å²) in [5, 5.41) is -0.341. The topological polar surface area (TPSA) is 37.4 Å². The van der Waals surface area contributed by atoms with E-state index in [2.05, 4.69) is 0 Å². The quantitative estimate of drug-likeness (QED) is 0.769. The van der Waals surface area contributed by atoms with Gasteiger partial charge >= 0.3 is 0 Å². The van der Waals surface area contributed by atoms with Gasteiger partial charge in [0, 0.05) is 13.1 Å². The Morgan fingerprint density at radius 2 is 1.60 bits per heavy atom. The molecule has 1 aromatic carbocycles. The zero-order chi connectivity index (χ0) is 11.1. The minimum Gasteiger partial charge on any atom is -0.212 e. The Hall–Kier alpha value is -0.870. The molecule has 0 saturated heterocycles. The van der Waals surface area contributed by atoms with Gasteiger partial charge in [-0.05, 0) is 25.0 Å². The summed E-state index contributed by atoms with van der Waals surface area (Å²) < 4.78 is 25.4. The second kappa shape index (κ2) is 3.61. The van der Waals surface area contributed by atoms with Gasteiger partial charge in [0.05, 0.1) is 5.25 Å². The molecule has 0 aromatic heterocycles. The van der Waals surface area contributed by atoms with Crippen molar-refractivity contribution in [1.82, 2.24) is 4.31 Å². The van der Waals surface area contributed by atoms with Crippen LogP contribution in [-0.2, 0) is 23.1 Å². The normalized spacial score (nSPS) is 17.0. The number of hydrogen-bond donors (Lipinski definition) is 0. The average molecular weight is 225 g/mol. The van der Waals surface area contributed by atoms with Gasteiger partial charge in [0.25, 0.3) is 0 Å². The minimum absolute atomic E-state index is 0.341. The summed E-state index contributed by atoms with van der Waals surface area (Å²) in [4.78, 5) is 0. The standard InChI is InChI=1S/C11H15NO2S/c1-9(2)15(13,14)12-7-10-5-3-4-6-11(10)8-12/h3-6,9H,7-8H2,1-2H3. The first kappa shape index (κ1) is 10.6. The molecule has 0 spiro atoms. The Morgan fingerprint density at radius 3 is 2.00 bits per heavy atom. The average Bonchev–Trinajstić information content (AvgIpc) is 2.61. The number of fused-ring (bicyclic) bond motifs is 1. The molecule has 82 valence electrons. The van der Waals surface area contributed by atoms with E-state index < -0.39 is 10.0 Å². The van der Waals surface area contributed by atoms with Crippen LogP contribution >= 0.6 is 0 Å². The van der Waals surface area contributed by atoms with Gasteiger partial charge in [-0.3, -0.25) is 0 Å². The van der Waals surface area contributed by atoms with Crippen LogP contribution in [0.4, 0.5) is 0 Å². The van der Waals surface area contributed by atoms with Crippen LogP contribution in [0.25, 0.3) is 0 Å². The zero-order valence-corrected chi connectivity index (χ0v) is 9.79. The molecule has 0 unspecified atom stereocenters. The molecule has 1 aliphatic rings. The smallest absolute Gasteiger partial charge is 0.212 e. The van der Waals surface area contributed by atoms with E-state index in [1.54, 1.807) is 18.2 Å². The fourth-order valence-electron chi connectivity index (χ4n) is 1.78. The SMILES string of the molecule is CC(C)S(=O)(=O)N1Cc2ccccc2C1. The molecule has 15 heavy (non-hydrogen) atoms. The van der Waals surface area contributed by atoms with E-state index in [4.69, 9.17) is 0 Å². The molecule has 0 amide bonds. The summed E-state index contributed by atoms with van der Waals surface area (Å²) in [6, 6.07) is 7.88. The van der Waals surface area contributed by atoms with Crippen molar-refractivity contribution in [3.63, 3.8) is 0 Å². The number of hydrogen-bond acceptors (Lipinski definition) is 2. The Bertz CT molecular complexity index is 440. The van der Waals surface area contributed by atoms with Crippen molar-refractivity contribution in [3.05, 3.63) is 35.4 Å². The van der Waals surface area contributed by atoms with E-state index in [1.165, 1.54) is 0 Å². The third-order valence-electron chi connectivity index (χ3n) is 2.77. The predicted molar refractivity (Wildman–Crippen MR) is 59.7 cm³/mol. The first-order valence-corrected chi connectivity index (χ1v) is 6.58.